The average molecular weight is 1740 g/mol. The highest BCUT2D eigenvalue weighted by Crippen LogP contribution is 2.46. The lowest BCUT2D eigenvalue weighted by Crippen LogP contribution is -2.06. The summed E-state index contributed by atoms with van der Waals surface area (Å²) >= 11 is 0. The van der Waals surface area contributed by atoms with Crippen molar-refractivity contribution in [1.29, 1.82) is 0 Å². The summed E-state index contributed by atoms with van der Waals surface area (Å²) in [6, 6.07) is 165. The Morgan fingerprint density at radius 2 is 0.412 bits per heavy atom. The molecule has 0 aliphatic rings. The zero-order valence-corrected chi connectivity index (χ0v) is 73.6. The molecule has 28 rings (SSSR count). The summed E-state index contributed by atoms with van der Waals surface area (Å²) < 4.78 is 14.0. The zero-order valence-electron chi connectivity index (χ0n) is 73.6. The number of nitrogens with zero attached hydrogens (tertiary/aromatic N) is 12. The van der Waals surface area contributed by atoms with Crippen molar-refractivity contribution in [2.45, 2.75) is 0 Å². The molecule has 0 saturated heterocycles. The highest BCUT2D eigenvalue weighted by atomic mass is 15.2. The molecule has 10 aromatic heterocycles. The summed E-state index contributed by atoms with van der Waals surface area (Å²) in [6.07, 6.45) is 5.80. The molecule has 12 nitrogen and oxygen atoms in total. The lowest BCUT2D eigenvalue weighted by atomic mass is 10.0. The van der Waals surface area contributed by atoms with Crippen molar-refractivity contribution < 1.29 is 0 Å². The van der Waals surface area contributed by atoms with E-state index in [1.807, 2.05) is 79.3 Å². The molecule has 0 unspecified atom stereocenters. The van der Waals surface area contributed by atoms with E-state index in [1.165, 1.54) is 98.1 Å². The maximum atomic E-state index is 5.12. The van der Waals surface area contributed by atoms with Crippen molar-refractivity contribution in [2.24, 2.45) is 0 Å². The third-order valence-corrected chi connectivity index (χ3v) is 26.7. The third kappa shape index (κ3) is 13.2. The summed E-state index contributed by atoms with van der Waals surface area (Å²) in [5.74, 6) is 1.81. The molecule has 0 saturated carbocycles. The van der Waals surface area contributed by atoms with E-state index in [2.05, 4.69) is 434 Å². The lowest BCUT2D eigenvalue weighted by Gasteiger charge is -2.11. The van der Waals surface area contributed by atoms with Gasteiger partial charge in [-0.1, -0.05) is 334 Å². The second-order valence-electron chi connectivity index (χ2n) is 34.4. The summed E-state index contributed by atoms with van der Waals surface area (Å²) in [5.41, 5.74) is 29.8. The Kier molecular flexibility index (Phi) is 19.0. The number of aromatic nitrogens is 12. The molecule has 28 aromatic rings. The van der Waals surface area contributed by atoms with Gasteiger partial charge in [0.2, 0.25) is 5.95 Å². The fourth-order valence-corrected chi connectivity index (χ4v) is 20.7. The summed E-state index contributed by atoms with van der Waals surface area (Å²) in [6.45, 7) is 0. The first-order valence-corrected chi connectivity index (χ1v) is 46.0. The summed E-state index contributed by atoms with van der Waals surface area (Å²) in [4.78, 5) is 30.3. The van der Waals surface area contributed by atoms with Gasteiger partial charge in [0.05, 0.1) is 83.3 Å². The van der Waals surface area contributed by atoms with Gasteiger partial charge in [-0.15, -0.1) is 0 Å². The Morgan fingerprint density at radius 1 is 0.147 bits per heavy atom. The number of hydrogen-bond donors (Lipinski definition) is 0. The predicted octanol–water partition coefficient (Wildman–Crippen LogP) is 31.2. The van der Waals surface area contributed by atoms with Gasteiger partial charge in [0.15, 0.2) is 11.6 Å². The molecule has 0 spiro atoms. The van der Waals surface area contributed by atoms with E-state index in [0.717, 1.165) is 128 Å². The van der Waals surface area contributed by atoms with Gasteiger partial charge >= 0.3 is 0 Å². The van der Waals surface area contributed by atoms with Crippen molar-refractivity contribution in [2.75, 3.05) is 0 Å². The van der Waals surface area contributed by atoms with Crippen LogP contribution in [0.4, 0.5) is 0 Å². The van der Waals surface area contributed by atoms with Gasteiger partial charge in [0.1, 0.15) is 0 Å². The van der Waals surface area contributed by atoms with Gasteiger partial charge in [0, 0.05) is 139 Å². The molecule has 636 valence electrons. The van der Waals surface area contributed by atoms with Crippen molar-refractivity contribution >= 4 is 142 Å². The van der Waals surface area contributed by atoms with Crippen LogP contribution in [0.3, 0.4) is 0 Å². The zero-order chi connectivity index (χ0) is 89.7. The summed E-state index contributed by atoms with van der Waals surface area (Å²) in [5, 5.41) is 16.7. The van der Waals surface area contributed by atoms with Crippen LogP contribution in [0.2, 0.25) is 0 Å². The van der Waals surface area contributed by atoms with E-state index >= 15 is 0 Å². The molecule has 0 fully saturated rings. The molecular formula is C124H80N12. The van der Waals surface area contributed by atoms with Gasteiger partial charge in [-0.3, -0.25) is 19.5 Å². The standard InChI is InChI=1S/C44H28N6.C41H27N3.C39H25N3/c1-4-14-29(15-5-1)42-46-43(30-16-6-2-7-17-30)48-44(47-42)50-36-22-12-10-20-33(36)34-25-24-31(28-39(34)50)41-40-35-21-11-13-23-37(35)49(38(40)26-27-45-41)32-18-8-3-9-19-32;1-3-11-28(12-4-1)29-19-22-32(23-20-29)44-36-17-9-7-15-33(36)34-24-21-30(27-39(34)44)41-40-35-16-8-10-18-37(35)43(38(40)25-26-42-41)31-13-5-2-6-14-31;1-2-12-29(13-3-1)41-35-17-9-7-15-33(35)38-36(41)22-23-40-39(38)28-19-21-32-31-14-6-8-16-34(31)42(37(32)25-28)30-20-18-26-10-4-5-11-27(26)24-30/h1-28H;1-27H;1-25H. The molecule has 0 N–H and O–H groups in total. The molecule has 0 radical (unpaired) electrons. The van der Waals surface area contributed by atoms with E-state index in [0.29, 0.717) is 17.6 Å². The van der Waals surface area contributed by atoms with Crippen LogP contribution in [-0.4, -0.2) is 57.3 Å². The second-order valence-corrected chi connectivity index (χ2v) is 34.4. The van der Waals surface area contributed by atoms with Gasteiger partial charge in [0.25, 0.3) is 0 Å². The second kappa shape index (κ2) is 32.8. The molecular weight excluding hydrogens is 1660 g/mol. The molecule has 10 heterocycles. The Morgan fingerprint density at radius 3 is 0.801 bits per heavy atom. The molecule has 0 aliphatic heterocycles. The quantitative estimate of drug-likeness (QED) is 0.121. The van der Waals surface area contributed by atoms with E-state index in [-0.39, 0.29) is 0 Å². The van der Waals surface area contributed by atoms with Crippen LogP contribution in [0, 0.1) is 0 Å². The average Bonchev–Trinajstić information content (AvgIpc) is 1.58. The fourth-order valence-electron chi connectivity index (χ4n) is 20.7. The molecule has 0 atom stereocenters. The summed E-state index contributed by atoms with van der Waals surface area (Å²) in [7, 11) is 0. The van der Waals surface area contributed by atoms with Crippen LogP contribution >= 0.6 is 0 Å². The minimum absolute atomic E-state index is 0.563. The first kappa shape index (κ1) is 78.5. The van der Waals surface area contributed by atoms with Crippen molar-refractivity contribution in [3.8, 4) is 102 Å². The Bertz CT molecular complexity index is 9470. The number of hydrogen-bond acceptors (Lipinski definition) is 6. The largest absolute Gasteiger partial charge is 0.309 e. The lowest BCUT2D eigenvalue weighted by molar-refractivity contribution is 0.953. The fraction of sp³-hybridized carbons (Fsp3) is 0. The minimum atomic E-state index is 0.563. The van der Waals surface area contributed by atoms with Gasteiger partial charge in [-0.25, -0.2) is 4.98 Å². The highest BCUT2D eigenvalue weighted by molar-refractivity contribution is 6.20. The first-order valence-electron chi connectivity index (χ1n) is 46.0. The molecule has 12 heteroatoms. The van der Waals surface area contributed by atoms with Crippen LogP contribution in [0.15, 0.2) is 486 Å². The van der Waals surface area contributed by atoms with E-state index in [1.54, 1.807) is 0 Å². The smallest absolute Gasteiger partial charge is 0.238 e. The first-order chi connectivity index (χ1) is 67.5. The highest BCUT2D eigenvalue weighted by Gasteiger charge is 2.26. The van der Waals surface area contributed by atoms with Crippen LogP contribution < -0.4 is 0 Å². The number of fused-ring (bicyclic) bond motifs is 19. The molecule has 0 aliphatic carbocycles. The molecule has 136 heavy (non-hydrogen) atoms. The minimum Gasteiger partial charge on any atom is -0.309 e. The predicted molar refractivity (Wildman–Crippen MR) is 562 cm³/mol. The van der Waals surface area contributed by atoms with Crippen LogP contribution in [-0.2, 0) is 0 Å². The SMILES string of the molecule is c1ccc(-c2ccc(-n3c4ccccc4c4ccc(-c5nccc6c5c5ccccc5n6-c5ccccc5)cc43)cc2)cc1.c1ccc(-c2nc(-c3ccccc3)nc(-n3c4ccccc4c4ccc(-c5nccc6c5c5ccccc5n6-c5ccccc5)cc43)n2)cc1.c1ccc(-n2c3ccccc3c3c(-c4ccc5c6ccccc6n(-c6ccc7ccccc7c6)c5c4)nccc32)cc1. The Hall–Kier alpha value is -18.5. The normalized spacial score (nSPS) is 11.7. The van der Waals surface area contributed by atoms with E-state index < -0.39 is 0 Å². The maximum absolute atomic E-state index is 5.12. The van der Waals surface area contributed by atoms with Gasteiger partial charge < -0.3 is 22.8 Å². The van der Waals surface area contributed by atoms with E-state index in [4.69, 9.17) is 29.9 Å². The monoisotopic (exact) mass is 1740 g/mol. The maximum Gasteiger partial charge on any atom is 0.238 e. The van der Waals surface area contributed by atoms with Crippen molar-refractivity contribution in [3.63, 3.8) is 0 Å². The number of pyridine rings is 3. The number of benzene rings is 18. The van der Waals surface area contributed by atoms with Crippen LogP contribution in [0.25, 0.3) is 244 Å². The van der Waals surface area contributed by atoms with Gasteiger partial charge in [-0.2, -0.15) is 9.97 Å². The topological polar surface area (TPSA) is 107 Å². The number of rotatable bonds is 12. The third-order valence-electron chi connectivity index (χ3n) is 26.7. The Labute approximate surface area is 781 Å². The van der Waals surface area contributed by atoms with Crippen LogP contribution in [0.1, 0.15) is 0 Å². The van der Waals surface area contributed by atoms with Gasteiger partial charge in [-0.05, 0) is 155 Å². The van der Waals surface area contributed by atoms with Crippen LogP contribution in [0.5, 0.6) is 0 Å². The molecule has 0 bridgehead atoms. The van der Waals surface area contributed by atoms with Crippen molar-refractivity contribution in [3.05, 3.63) is 486 Å². The van der Waals surface area contributed by atoms with Crippen molar-refractivity contribution in [1.82, 2.24) is 57.3 Å². The number of para-hydroxylation sites is 9. The Balaban J connectivity index is 0.000000106. The molecule has 0 amide bonds. The van der Waals surface area contributed by atoms with E-state index in [9.17, 15) is 0 Å². The molecule has 18 aromatic carbocycles.